The maximum Gasteiger partial charge on any atom is 0.275 e. The lowest BCUT2D eigenvalue weighted by atomic mass is 9.88. The highest BCUT2D eigenvalue weighted by Crippen LogP contribution is 2.24. The van der Waals surface area contributed by atoms with Crippen molar-refractivity contribution in [1.82, 2.24) is 13.6 Å². The SMILES string of the molecule is Cc1nsnc1C(=O)N1CCC(C(O)CCc2ccccc2)CC1. The molecule has 0 radical (unpaired) electrons. The number of rotatable bonds is 5. The maximum absolute atomic E-state index is 12.4. The van der Waals surface area contributed by atoms with Gasteiger partial charge in [0.2, 0.25) is 0 Å². The van der Waals surface area contributed by atoms with E-state index in [0.717, 1.165) is 37.4 Å². The van der Waals surface area contributed by atoms with Crippen molar-refractivity contribution in [3.63, 3.8) is 0 Å². The Hall–Kier alpha value is -1.79. The molecule has 1 aromatic carbocycles. The molecule has 1 fully saturated rings. The number of aryl methyl sites for hydroxylation is 2. The van der Waals surface area contributed by atoms with Gasteiger partial charge in [-0.15, -0.1) is 0 Å². The highest BCUT2D eigenvalue weighted by molar-refractivity contribution is 6.99. The summed E-state index contributed by atoms with van der Waals surface area (Å²) < 4.78 is 8.17. The van der Waals surface area contributed by atoms with Gasteiger partial charge in [-0.05, 0) is 44.1 Å². The van der Waals surface area contributed by atoms with E-state index in [2.05, 4.69) is 20.9 Å². The van der Waals surface area contributed by atoms with Crippen molar-refractivity contribution in [2.24, 2.45) is 5.92 Å². The molecule has 1 saturated heterocycles. The van der Waals surface area contributed by atoms with E-state index in [1.54, 1.807) is 0 Å². The molecule has 0 spiro atoms. The monoisotopic (exact) mass is 345 g/mol. The normalized spacial score (nSPS) is 17.0. The van der Waals surface area contributed by atoms with Gasteiger partial charge in [0, 0.05) is 13.1 Å². The molecule has 0 aliphatic carbocycles. The molecule has 1 unspecified atom stereocenters. The average molecular weight is 345 g/mol. The van der Waals surface area contributed by atoms with Gasteiger partial charge >= 0.3 is 0 Å². The van der Waals surface area contributed by atoms with Gasteiger partial charge in [-0.25, -0.2) is 0 Å². The molecule has 5 nitrogen and oxygen atoms in total. The molecule has 2 aromatic rings. The number of carbonyl (C=O) groups is 1. The molecule has 1 N–H and O–H groups in total. The quantitative estimate of drug-likeness (QED) is 0.905. The van der Waals surface area contributed by atoms with Crippen LogP contribution in [0.2, 0.25) is 0 Å². The number of amides is 1. The van der Waals surface area contributed by atoms with E-state index >= 15 is 0 Å². The number of likely N-dealkylation sites (tertiary alicyclic amines) is 1. The van der Waals surface area contributed by atoms with Crippen molar-refractivity contribution >= 4 is 17.6 Å². The van der Waals surface area contributed by atoms with Crippen LogP contribution in [0.5, 0.6) is 0 Å². The van der Waals surface area contributed by atoms with Crippen LogP contribution in [0, 0.1) is 12.8 Å². The van der Waals surface area contributed by atoms with E-state index in [4.69, 9.17) is 0 Å². The van der Waals surface area contributed by atoms with E-state index in [1.165, 1.54) is 5.56 Å². The number of hydrogen-bond acceptors (Lipinski definition) is 5. The summed E-state index contributed by atoms with van der Waals surface area (Å²) in [4.78, 5) is 14.3. The molecule has 2 heterocycles. The molecule has 128 valence electrons. The molecule has 6 heteroatoms. The van der Waals surface area contributed by atoms with Crippen LogP contribution in [0.4, 0.5) is 0 Å². The van der Waals surface area contributed by atoms with Crippen molar-refractivity contribution in [3.8, 4) is 0 Å². The average Bonchev–Trinajstić information content (AvgIpc) is 3.06. The molecular weight excluding hydrogens is 322 g/mol. The predicted molar refractivity (Wildman–Crippen MR) is 94.0 cm³/mol. The number of piperidine rings is 1. The predicted octanol–water partition coefficient (Wildman–Crippen LogP) is 2.69. The number of hydrogen-bond donors (Lipinski definition) is 1. The Kier molecular flexibility index (Phi) is 5.58. The standard InChI is InChI=1S/C18H23N3O2S/c1-13-17(20-24-19-13)18(23)21-11-9-15(10-12-21)16(22)8-7-14-5-3-2-4-6-14/h2-6,15-16,22H,7-12H2,1H3. The zero-order valence-corrected chi connectivity index (χ0v) is 14.7. The van der Waals surface area contributed by atoms with Crippen LogP contribution in [-0.2, 0) is 6.42 Å². The molecular formula is C18H23N3O2S. The third kappa shape index (κ3) is 3.99. The van der Waals surface area contributed by atoms with Crippen LogP contribution in [0.25, 0.3) is 0 Å². The smallest absolute Gasteiger partial charge is 0.275 e. The number of carbonyl (C=O) groups excluding carboxylic acids is 1. The Morgan fingerprint density at radius 2 is 2.00 bits per heavy atom. The third-order valence-corrected chi connectivity index (χ3v) is 5.42. The van der Waals surface area contributed by atoms with Crippen LogP contribution in [0.15, 0.2) is 30.3 Å². The summed E-state index contributed by atoms with van der Waals surface area (Å²) in [7, 11) is 0. The largest absolute Gasteiger partial charge is 0.393 e. The van der Waals surface area contributed by atoms with Gasteiger partial charge in [-0.1, -0.05) is 30.3 Å². The van der Waals surface area contributed by atoms with E-state index in [1.807, 2.05) is 30.0 Å². The number of aliphatic hydroxyl groups is 1. The van der Waals surface area contributed by atoms with Crippen LogP contribution in [0.1, 0.15) is 41.0 Å². The van der Waals surface area contributed by atoms with Crippen molar-refractivity contribution in [1.29, 1.82) is 0 Å². The van der Waals surface area contributed by atoms with E-state index in [0.29, 0.717) is 24.5 Å². The summed E-state index contributed by atoms with van der Waals surface area (Å²) in [6.45, 7) is 3.18. The Morgan fingerprint density at radius 3 is 2.62 bits per heavy atom. The van der Waals surface area contributed by atoms with Gasteiger partial charge in [0.15, 0.2) is 5.69 Å². The number of nitrogens with zero attached hydrogens (tertiary/aromatic N) is 3. The van der Waals surface area contributed by atoms with Crippen molar-refractivity contribution < 1.29 is 9.90 Å². The van der Waals surface area contributed by atoms with Crippen LogP contribution >= 0.6 is 11.7 Å². The van der Waals surface area contributed by atoms with E-state index < -0.39 is 0 Å². The number of aliphatic hydroxyl groups excluding tert-OH is 1. The van der Waals surface area contributed by atoms with Crippen molar-refractivity contribution in [2.45, 2.75) is 38.7 Å². The zero-order valence-electron chi connectivity index (χ0n) is 13.9. The number of benzene rings is 1. The van der Waals surface area contributed by atoms with Gasteiger partial charge in [0.05, 0.1) is 23.5 Å². The highest BCUT2D eigenvalue weighted by Gasteiger charge is 2.29. The molecule has 1 atom stereocenters. The highest BCUT2D eigenvalue weighted by atomic mass is 32.1. The second-order valence-electron chi connectivity index (χ2n) is 6.42. The summed E-state index contributed by atoms with van der Waals surface area (Å²) in [5.41, 5.74) is 2.44. The minimum Gasteiger partial charge on any atom is -0.393 e. The fourth-order valence-electron chi connectivity index (χ4n) is 3.26. The molecule has 24 heavy (non-hydrogen) atoms. The molecule has 3 rings (SSSR count). The maximum atomic E-state index is 12.4. The second kappa shape index (κ2) is 7.85. The van der Waals surface area contributed by atoms with Gasteiger partial charge in [-0.3, -0.25) is 4.79 Å². The van der Waals surface area contributed by atoms with Crippen LogP contribution in [-0.4, -0.2) is 43.9 Å². The van der Waals surface area contributed by atoms with Gasteiger partial charge in [0.1, 0.15) is 0 Å². The lowest BCUT2D eigenvalue weighted by Crippen LogP contribution is -2.41. The molecule has 1 amide bonds. The van der Waals surface area contributed by atoms with Crippen LogP contribution in [0.3, 0.4) is 0 Å². The van der Waals surface area contributed by atoms with Crippen molar-refractivity contribution in [3.05, 3.63) is 47.3 Å². The van der Waals surface area contributed by atoms with Crippen LogP contribution < -0.4 is 0 Å². The van der Waals surface area contributed by atoms with E-state index in [9.17, 15) is 9.90 Å². The summed E-state index contributed by atoms with van der Waals surface area (Å²) in [6.07, 6.45) is 3.06. The van der Waals surface area contributed by atoms with Crippen molar-refractivity contribution in [2.75, 3.05) is 13.1 Å². The summed E-state index contributed by atoms with van der Waals surface area (Å²) in [5.74, 6) is 0.242. The molecule has 1 aromatic heterocycles. The zero-order chi connectivity index (χ0) is 16.9. The Bertz CT molecular complexity index is 666. The Balaban J connectivity index is 1.48. The number of aromatic nitrogens is 2. The fraction of sp³-hybridized carbons (Fsp3) is 0.500. The second-order valence-corrected chi connectivity index (χ2v) is 6.95. The fourth-order valence-corrected chi connectivity index (χ4v) is 3.80. The molecule has 0 bridgehead atoms. The lowest BCUT2D eigenvalue weighted by Gasteiger charge is -2.34. The summed E-state index contributed by atoms with van der Waals surface area (Å²) in [5, 5.41) is 10.5. The minimum atomic E-state index is -0.301. The topological polar surface area (TPSA) is 66.3 Å². The minimum absolute atomic E-state index is 0.0292. The molecule has 1 aliphatic rings. The first-order valence-electron chi connectivity index (χ1n) is 8.45. The Morgan fingerprint density at radius 1 is 1.29 bits per heavy atom. The Labute approximate surface area is 146 Å². The first kappa shape index (κ1) is 17.0. The van der Waals surface area contributed by atoms with Gasteiger partial charge in [0.25, 0.3) is 5.91 Å². The van der Waals surface area contributed by atoms with Gasteiger partial charge < -0.3 is 10.0 Å². The van der Waals surface area contributed by atoms with Gasteiger partial charge in [-0.2, -0.15) is 8.75 Å². The summed E-state index contributed by atoms with van der Waals surface area (Å²) >= 11 is 1.08. The van der Waals surface area contributed by atoms with E-state index in [-0.39, 0.29) is 17.9 Å². The molecule has 0 saturated carbocycles. The first-order chi connectivity index (χ1) is 11.6. The third-order valence-electron chi connectivity index (χ3n) is 4.80. The molecule has 1 aliphatic heterocycles. The summed E-state index contributed by atoms with van der Waals surface area (Å²) in [6, 6.07) is 10.3. The first-order valence-corrected chi connectivity index (χ1v) is 9.18. The lowest BCUT2D eigenvalue weighted by molar-refractivity contribution is 0.0433.